The molecule has 0 aromatic carbocycles. The third-order valence-electron chi connectivity index (χ3n) is 12.7. The molecule has 0 saturated carbocycles. The highest BCUT2D eigenvalue weighted by Crippen LogP contribution is 2.14. The Labute approximate surface area is 456 Å². The van der Waals surface area contributed by atoms with Crippen molar-refractivity contribution in [2.75, 3.05) is 13.2 Å². The predicted octanol–water partition coefficient (Wildman–Crippen LogP) is 20.8. The Hall–Kier alpha value is -4.19. The number of carbonyl (C=O) groups is 3. The third kappa shape index (κ3) is 58.7. The number of allylic oxidation sites excluding steroid dienone is 20. The molecule has 0 rings (SSSR count). The van der Waals surface area contributed by atoms with Gasteiger partial charge < -0.3 is 14.2 Å². The van der Waals surface area contributed by atoms with Crippen LogP contribution in [0.4, 0.5) is 0 Å². The maximum atomic E-state index is 12.9. The van der Waals surface area contributed by atoms with Gasteiger partial charge in [-0.05, 0) is 135 Å². The van der Waals surface area contributed by atoms with E-state index in [0.717, 1.165) is 128 Å². The molecule has 6 heteroatoms. The first-order chi connectivity index (χ1) is 36.5. The second-order valence-corrected chi connectivity index (χ2v) is 19.9. The van der Waals surface area contributed by atoms with Gasteiger partial charge in [0.2, 0.25) is 0 Å². The van der Waals surface area contributed by atoms with Gasteiger partial charge in [-0.1, -0.05) is 239 Å². The van der Waals surface area contributed by atoms with Gasteiger partial charge >= 0.3 is 17.9 Å². The average Bonchev–Trinajstić information content (AvgIpc) is 3.40. The Kier molecular flexibility index (Phi) is 57.9. The Bertz CT molecular complexity index is 1550. The zero-order valence-corrected chi connectivity index (χ0v) is 48.1. The van der Waals surface area contributed by atoms with Crippen LogP contribution < -0.4 is 0 Å². The Morgan fingerprint density at radius 3 is 0.865 bits per heavy atom. The van der Waals surface area contributed by atoms with E-state index >= 15 is 0 Å². The lowest BCUT2D eigenvalue weighted by Gasteiger charge is -2.18. The lowest BCUT2D eigenvalue weighted by Crippen LogP contribution is -2.30. The van der Waals surface area contributed by atoms with Crippen molar-refractivity contribution >= 4 is 17.9 Å². The molecule has 0 aliphatic heterocycles. The fourth-order valence-electron chi connectivity index (χ4n) is 8.09. The number of ether oxygens (including phenoxy) is 3. The molecule has 0 N–H and O–H groups in total. The normalized spacial score (nSPS) is 13.0. The quantitative estimate of drug-likeness (QED) is 0.0261. The summed E-state index contributed by atoms with van der Waals surface area (Å²) in [6.45, 7) is 6.45. The molecule has 0 fully saturated rings. The summed E-state index contributed by atoms with van der Waals surface area (Å²) < 4.78 is 16.8. The summed E-state index contributed by atoms with van der Waals surface area (Å²) in [7, 11) is 0. The van der Waals surface area contributed by atoms with Gasteiger partial charge in [-0.25, -0.2) is 0 Å². The van der Waals surface area contributed by atoms with Gasteiger partial charge in [-0.3, -0.25) is 14.4 Å². The van der Waals surface area contributed by atoms with E-state index in [-0.39, 0.29) is 31.1 Å². The second kappa shape index (κ2) is 61.4. The summed E-state index contributed by atoms with van der Waals surface area (Å²) >= 11 is 0. The lowest BCUT2D eigenvalue weighted by molar-refractivity contribution is -0.167. The van der Waals surface area contributed by atoms with Gasteiger partial charge in [-0.15, -0.1) is 0 Å². The van der Waals surface area contributed by atoms with Gasteiger partial charge in [0.05, 0.1) is 0 Å². The smallest absolute Gasteiger partial charge is 0.306 e. The fraction of sp³-hybridized carbons (Fsp3) is 0.662. The van der Waals surface area contributed by atoms with Crippen molar-refractivity contribution in [2.45, 2.75) is 277 Å². The number of rotatable bonds is 54. The Morgan fingerprint density at radius 1 is 0.284 bits per heavy atom. The molecule has 0 aromatic rings. The van der Waals surface area contributed by atoms with Gasteiger partial charge in [0.15, 0.2) is 6.10 Å². The molecule has 0 aliphatic rings. The number of carbonyl (C=O) groups excluding carboxylic acids is 3. The van der Waals surface area contributed by atoms with Crippen molar-refractivity contribution in [2.24, 2.45) is 0 Å². The molecule has 74 heavy (non-hydrogen) atoms. The highest BCUT2D eigenvalue weighted by molar-refractivity contribution is 5.71. The molecule has 0 spiro atoms. The number of unbranched alkanes of at least 4 members (excludes halogenated alkanes) is 23. The van der Waals surface area contributed by atoms with Crippen molar-refractivity contribution < 1.29 is 28.6 Å². The van der Waals surface area contributed by atoms with Crippen LogP contribution in [0.25, 0.3) is 0 Å². The average molecular weight is 1030 g/mol. The van der Waals surface area contributed by atoms with Crippen LogP contribution in [-0.2, 0) is 28.6 Å². The van der Waals surface area contributed by atoms with Crippen molar-refractivity contribution in [1.29, 1.82) is 0 Å². The molecular formula is C68H112O6. The molecular weight excluding hydrogens is 913 g/mol. The minimum atomic E-state index is -0.811. The van der Waals surface area contributed by atoms with Crippen LogP contribution in [-0.4, -0.2) is 37.2 Å². The van der Waals surface area contributed by atoms with E-state index in [4.69, 9.17) is 14.2 Å². The Balaban J connectivity index is 4.50. The number of hydrogen-bond acceptors (Lipinski definition) is 6. The van der Waals surface area contributed by atoms with Crippen LogP contribution in [0, 0.1) is 0 Å². The van der Waals surface area contributed by atoms with Crippen LogP contribution in [0.1, 0.15) is 271 Å². The van der Waals surface area contributed by atoms with E-state index in [1.165, 1.54) is 96.3 Å². The molecule has 0 radical (unpaired) electrons. The van der Waals surface area contributed by atoms with E-state index in [2.05, 4.69) is 142 Å². The first-order valence-electron chi connectivity index (χ1n) is 30.5. The van der Waals surface area contributed by atoms with E-state index in [1.807, 2.05) is 0 Å². The van der Waals surface area contributed by atoms with Gasteiger partial charge in [-0.2, -0.15) is 0 Å². The van der Waals surface area contributed by atoms with Crippen LogP contribution in [0.3, 0.4) is 0 Å². The van der Waals surface area contributed by atoms with Crippen molar-refractivity contribution in [3.8, 4) is 0 Å². The maximum absolute atomic E-state index is 12.9. The topological polar surface area (TPSA) is 78.9 Å². The summed E-state index contributed by atoms with van der Waals surface area (Å²) in [6, 6.07) is 0. The minimum Gasteiger partial charge on any atom is -0.462 e. The van der Waals surface area contributed by atoms with E-state index in [9.17, 15) is 14.4 Å². The van der Waals surface area contributed by atoms with E-state index < -0.39 is 6.10 Å². The molecule has 1 atom stereocenters. The first kappa shape index (κ1) is 69.8. The number of esters is 3. The molecule has 0 aromatic heterocycles. The van der Waals surface area contributed by atoms with Crippen LogP contribution in [0.5, 0.6) is 0 Å². The summed E-state index contributed by atoms with van der Waals surface area (Å²) in [5.74, 6) is -0.969. The zero-order valence-electron chi connectivity index (χ0n) is 48.1. The lowest BCUT2D eigenvalue weighted by atomic mass is 10.1. The fourth-order valence-corrected chi connectivity index (χ4v) is 8.09. The zero-order chi connectivity index (χ0) is 53.6. The van der Waals surface area contributed by atoms with Crippen molar-refractivity contribution in [3.05, 3.63) is 122 Å². The van der Waals surface area contributed by atoms with Crippen molar-refractivity contribution in [3.63, 3.8) is 0 Å². The van der Waals surface area contributed by atoms with E-state index in [1.54, 1.807) is 0 Å². The van der Waals surface area contributed by atoms with Crippen LogP contribution in [0.2, 0.25) is 0 Å². The third-order valence-corrected chi connectivity index (χ3v) is 12.7. The molecule has 420 valence electrons. The largest absolute Gasteiger partial charge is 0.462 e. The van der Waals surface area contributed by atoms with Crippen LogP contribution >= 0.6 is 0 Å². The summed E-state index contributed by atoms with van der Waals surface area (Å²) in [4.78, 5) is 38.2. The molecule has 1 unspecified atom stereocenters. The summed E-state index contributed by atoms with van der Waals surface area (Å²) in [5.41, 5.74) is 0. The monoisotopic (exact) mass is 1020 g/mol. The molecule has 0 bridgehead atoms. The van der Waals surface area contributed by atoms with Crippen molar-refractivity contribution in [1.82, 2.24) is 0 Å². The molecule has 6 nitrogen and oxygen atoms in total. The number of hydrogen-bond donors (Lipinski definition) is 0. The first-order valence-corrected chi connectivity index (χ1v) is 30.5. The highest BCUT2D eigenvalue weighted by atomic mass is 16.6. The maximum Gasteiger partial charge on any atom is 0.306 e. The van der Waals surface area contributed by atoms with Crippen LogP contribution in [0.15, 0.2) is 122 Å². The highest BCUT2D eigenvalue weighted by Gasteiger charge is 2.19. The SMILES string of the molecule is CC/C=C\C/C=C\C/C=C\C/C=C\C/C=C\C/C=C\CCCCC(=O)OCC(COC(=O)CCCCCCC/C=C\CCCCCCC)OC(=O)CCCCCCCC/C=C\C/C=C\C/C=C\CCCCCCC. The Morgan fingerprint density at radius 2 is 0.527 bits per heavy atom. The standard InChI is InChI=1S/C68H112O6/c1-4-7-10-13-16-19-22-25-28-30-32-34-36-38-40-43-46-49-52-55-58-61-67(70)73-64-65(63-72-66(69)60-57-54-51-48-45-42-27-24-21-18-15-12-9-6-3)74-68(71)62-59-56-53-50-47-44-41-39-37-35-33-31-29-26-23-20-17-14-11-8-5-2/h7,10,16,19,23-28,31-34,37-40,46,49,65H,4-6,8-9,11-15,17-18,20-22,29-30,35-36,41-45,47-48,50-64H2,1-3H3/b10-7-,19-16-,26-23-,27-24-,28-25-,33-31-,34-32-,39-37-,40-38-,49-46-. The molecule has 0 aliphatic carbocycles. The summed E-state index contributed by atoms with van der Waals surface area (Å²) in [6.07, 6.45) is 84.8. The molecule has 0 saturated heterocycles. The van der Waals surface area contributed by atoms with Gasteiger partial charge in [0.1, 0.15) is 13.2 Å². The molecule has 0 amide bonds. The molecule has 0 heterocycles. The second-order valence-electron chi connectivity index (χ2n) is 19.9. The predicted molar refractivity (Wildman–Crippen MR) is 320 cm³/mol. The summed E-state index contributed by atoms with van der Waals surface area (Å²) in [5, 5.41) is 0. The van der Waals surface area contributed by atoms with Gasteiger partial charge in [0.25, 0.3) is 0 Å². The van der Waals surface area contributed by atoms with Gasteiger partial charge in [0, 0.05) is 19.3 Å². The van der Waals surface area contributed by atoms with E-state index in [0.29, 0.717) is 25.7 Å². The minimum absolute atomic E-state index is 0.104.